The largest absolute Gasteiger partial charge is 0.477 e. The lowest BCUT2D eigenvalue weighted by Crippen LogP contribution is -2.24. The number of aromatic carboxylic acids is 1. The second-order valence-corrected chi connectivity index (χ2v) is 4.93. The Morgan fingerprint density at radius 1 is 1.47 bits per heavy atom. The Labute approximate surface area is 108 Å². The lowest BCUT2D eigenvalue weighted by Gasteiger charge is -2.26. The second kappa shape index (κ2) is 3.91. The molecular weight excluding hydrogens is 252 g/mol. The first kappa shape index (κ1) is 11.9. The standard InChI is InChI=1S/C14H12FNO3/c1-7-2-3-8-4-9(15)5-10-12(8)16(7)6-11(13(10)17)14(18)19/h4-7H,2-3H2,1H3,(H,18,19)/i11+1,13+1,14+1. The highest BCUT2D eigenvalue weighted by atomic mass is 19.1. The molecule has 0 amide bonds. The highest BCUT2D eigenvalue weighted by Crippen LogP contribution is 2.30. The van der Waals surface area contributed by atoms with Crippen LogP contribution in [0, 0.1) is 5.82 Å². The molecular formula is C14H12FNO3. The van der Waals surface area contributed by atoms with E-state index in [0.717, 1.165) is 18.1 Å². The van der Waals surface area contributed by atoms with Crippen molar-refractivity contribution in [3.63, 3.8) is 0 Å². The molecule has 0 radical (unpaired) electrons. The lowest BCUT2D eigenvalue weighted by atomic mass is 9.99. The summed E-state index contributed by atoms with van der Waals surface area (Å²) >= 11 is 0. The molecule has 1 unspecified atom stereocenters. The minimum absolute atomic E-state index is 0.0964. The minimum atomic E-state index is -1.28. The van der Waals surface area contributed by atoms with Gasteiger partial charge in [-0.2, -0.15) is 0 Å². The molecule has 19 heavy (non-hydrogen) atoms. The number of aromatic nitrogens is 1. The Hall–Kier alpha value is -2.17. The summed E-state index contributed by atoms with van der Waals surface area (Å²) in [5, 5.41) is 9.24. The molecule has 1 aromatic heterocycles. The summed E-state index contributed by atoms with van der Waals surface area (Å²) < 4.78 is 15.3. The van der Waals surface area contributed by atoms with Crippen LogP contribution in [-0.2, 0) is 6.42 Å². The maximum atomic E-state index is 13.6. The van der Waals surface area contributed by atoms with Crippen molar-refractivity contribution in [2.75, 3.05) is 0 Å². The third-order valence-electron chi connectivity index (χ3n) is 3.71. The van der Waals surface area contributed by atoms with Gasteiger partial charge in [0, 0.05) is 17.6 Å². The Morgan fingerprint density at radius 2 is 2.21 bits per heavy atom. The number of carboxylic acids is 1. The highest BCUT2D eigenvalue weighted by molar-refractivity contribution is 5.93. The van der Waals surface area contributed by atoms with E-state index in [1.54, 1.807) is 4.57 Å². The molecule has 0 fully saturated rings. The zero-order valence-corrected chi connectivity index (χ0v) is 10.3. The Morgan fingerprint density at radius 3 is 2.89 bits per heavy atom. The monoisotopic (exact) mass is 264 g/mol. The Kier molecular flexibility index (Phi) is 2.45. The summed E-state index contributed by atoms with van der Waals surface area (Å²) in [7, 11) is 0. The van der Waals surface area contributed by atoms with Gasteiger partial charge in [-0.15, -0.1) is 0 Å². The maximum absolute atomic E-state index is 13.6. The van der Waals surface area contributed by atoms with Gasteiger partial charge in [-0.05, 0) is 37.5 Å². The van der Waals surface area contributed by atoms with Gasteiger partial charge in [-0.3, -0.25) is 4.79 Å². The summed E-state index contributed by atoms with van der Waals surface area (Å²) in [6.07, 6.45) is 2.87. The average Bonchev–Trinajstić information content (AvgIpc) is 2.35. The molecule has 1 aliphatic rings. The predicted octanol–water partition coefficient (Wildman–Crippen LogP) is 2.35. The molecule has 0 saturated heterocycles. The normalized spacial score (nSPS) is 17.7. The van der Waals surface area contributed by atoms with Crippen LogP contribution in [0.2, 0.25) is 0 Å². The number of carbonyl (C=O) groups is 1. The van der Waals surface area contributed by atoms with E-state index in [1.165, 1.54) is 12.3 Å². The van der Waals surface area contributed by atoms with E-state index in [9.17, 15) is 14.0 Å². The van der Waals surface area contributed by atoms with Gasteiger partial charge in [0.2, 0.25) is 5.43 Å². The van der Waals surface area contributed by atoms with Crippen LogP contribution in [0.4, 0.5) is 4.39 Å². The van der Waals surface area contributed by atoms with Crippen LogP contribution in [0.5, 0.6) is 0 Å². The Balaban J connectivity index is 2.53. The molecule has 1 atom stereocenters. The van der Waals surface area contributed by atoms with Crippen LogP contribution >= 0.6 is 0 Å². The van der Waals surface area contributed by atoms with Crippen molar-refractivity contribution in [1.82, 2.24) is 4.57 Å². The SMILES string of the molecule is CC1CCc2cc(F)cc3c2n1c[13c]([13C](=O)O)[13c]3=O. The molecule has 0 spiro atoms. The molecule has 2 aromatic rings. The number of benzene rings is 1. The van der Waals surface area contributed by atoms with Gasteiger partial charge in [-0.1, -0.05) is 0 Å². The predicted molar refractivity (Wildman–Crippen MR) is 68.2 cm³/mol. The summed E-state index contributed by atoms with van der Waals surface area (Å²) in [4.78, 5) is 23.2. The summed E-state index contributed by atoms with van der Waals surface area (Å²) in [6.45, 7) is 1.96. The fourth-order valence-corrected chi connectivity index (χ4v) is 2.74. The number of hydrogen-bond donors (Lipinski definition) is 1. The molecule has 3 rings (SSSR count). The number of halogens is 1. The van der Waals surface area contributed by atoms with Crippen molar-refractivity contribution in [2.45, 2.75) is 25.8 Å². The number of pyridine rings is 1. The van der Waals surface area contributed by atoms with Gasteiger partial charge in [0.1, 0.15) is 11.4 Å². The Bertz CT molecular complexity index is 763. The molecule has 98 valence electrons. The molecule has 5 heteroatoms. The first-order valence-electron chi connectivity index (χ1n) is 6.09. The summed E-state index contributed by atoms with van der Waals surface area (Å²) in [5.74, 6) is -1.78. The third kappa shape index (κ3) is 1.65. The van der Waals surface area contributed by atoms with Gasteiger partial charge in [-0.25, -0.2) is 9.18 Å². The first-order chi connectivity index (χ1) is 8.99. The van der Waals surface area contributed by atoms with Crippen LogP contribution in [0.15, 0.2) is 23.1 Å². The molecule has 1 N–H and O–H groups in total. The molecule has 0 saturated carbocycles. The zero-order chi connectivity index (χ0) is 13.7. The average molecular weight is 264 g/mol. The number of rotatable bonds is 1. The van der Waals surface area contributed by atoms with Gasteiger partial charge in [0.05, 0.1) is 5.52 Å². The van der Waals surface area contributed by atoms with E-state index in [0.29, 0.717) is 11.9 Å². The fraction of sp³-hybridized carbons (Fsp3) is 0.286. The van der Waals surface area contributed by atoms with E-state index < -0.39 is 17.2 Å². The summed E-state index contributed by atoms with van der Waals surface area (Å²) in [6, 6.07) is 2.64. The van der Waals surface area contributed by atoms with Crippen LogP contribution < -0.4 is 5.43 Å². The van der Waals surface area contributed by atoms with Crippen LogP contribution in [0.25, 0.3) is 10.9 Å². The van der Waals surface area contributed by atoms with Crippen LogP contribution in [0.1, 0.15) is 35.3 Å². The number of hydrogen-bond acceptors (Lipinski definition) is 2. The van der Waals surface area contributed by atoms with Crippen molar-refractivity contribution in [3.8, 4) is 0 Å². The fourth-order valence-electron chi connectivity index (χ4n) is 2.74. The first-order valence-corrected chi connectivity index (χ1v) is 6.09. The van der Waals surface area contributed by atoms with E-state index in [-0.39, 0.29) is 17.0 Å². The molecule has 0 bridgehead atoms. The topological polar surface area (TPSA) is 59.3 Å². The summed E-state index contributed by atoms with van der Waals surface area (Å²) in [5.41, 5.74) is 0.503. The molecule has 0 aliphatic carbocycles. The minimum Gasteiger partial charge on any atom is -0.477 e. The smallest absolute Gasteiger partial charge is 0.341 e. The quantitative estimate of drug-likeness (QED) is 0.804. The molecule has 1 aliphatic heterocycles. The van der Waals surface area contributed by atoms with E-state index >= 15 is 0 Å². The number of carboxylic acid groups (broad SMARTS) is 1. The van der Waals surface area contributed by atoms with E-state index in [1.807, 2.05) is 6.92 Å². The van der Waals surface area contributed by atoms with Gasteiger partial charge >= 0.3 is 5.97 Å². The van der Waals surface area contributed by atoms with Crippen LogP contribution in [-0.4, -0.2) is 15.6 Å². The number of nitrogens with zero attached hydrogens (tertiary/aromatic N) is 1. The molecule has 1 aromatic carbocycles. The van der Waals surface area contributed by atoms with Gasteiger partial charge in [0.15, 0.2) is 0 Å². The lowest BCUT2D eigenvalue weighted by molar-refractivity contribution is 0.0694. The van der Waals surface area contributed by atoms with E-state index in [2.05, 4.69) is 0 Å². The second-order valence-electron chi connectivity index (χ2n) is 4.93. The highest BCUT2D eigenvalue weighted by Gasteiger charge is 2.23. The maximum Gasteiger partial charge on any atom is 0.341 e. The molecule has 2 heterocycles. The van der Waals surface area contributed by atoms with Crippen molar-refractivity contribution in [1.29, 1.82) is 0 Å². The third-order valence-corrected chi connectivity index (χ3v) is 3.71. The zero-order valence-electron chi connectivity index (χ0n) is 10.3. The van der Waals surface area contributed by atoms with Gasteiger partial charge in [0.25, 0.3) is 0 Å². The van der Waals surface area contributed by atoms with Crippen molar-refractivity contribution in [3.05, 3.63) is 45.5 Å². The van der Waals surface area contributed by atoms with Crippen LogP contribution in [0.3, 0.4) is 0 Å². The van der Waals surface area contributed by atoms with Crippen molar-refractivity contribution >= 4 is 16.9 Å². The van der Waals surface area contributed by atoms with Gasteiger partial charge < -0.3 is 9.67 Å². The molecule has 4 nitrogen and oxygen atoms in total. The van der Waals surface area contributed by atoms with E-state index in [4.69, 9.17) is 5.11 Å². The van der Waals surface area contributed by atoms with Crippen molar-refractivity contribution < 1.29 is 14.3 Å². The number of aryl methyl sites for hydroxylation is 1. The van der Waals surface area contributed by atoms with Crippen molar-refractivity contribution in [2.24, 2.45) is 0 Å².